The second-order valence-electron chi connectivity index (χ2n) is 10.4. The number of aromatic nitrogens is 1. The Morgan fingerprint density at radius 1 is 1.03 bits per heavy atom. The highest BCUT2D eigenvalue weighted by molar-refractivity contribution is 7.09. The van der Waals surface area contributed by atoms with E-state index in [4.69, 9.17) is 21.3 Å². The Morgan fingerprint density at radius 2 is 1.76 bits per heavy atom. The fourth-order valence-electron chi connectivity index (χ4n) is 5.88. The zero-order chi connectivity index (χ0) is 25.6. The van der Waals surface area contributed by atoms with Gasteiger partial charge in [0.15, 0.2) is 0 Å². The summed E-state index contributed by atoms with van der Waals surface area (Å²) in [5.41, 5.74) is 1.67. The van der Waals surface area contributed by atoms with Crippen LogP contribution >= 0.6 is 22.9 Å². The van der Waals surface area contributed by atoms with Crippen molar-refractivity contribution in [3.05, 3.63) is 50.9 Å². The summed E-state index contributed by atoms with van der Waals surface area (Å²) in [5, 5.41) is 6.95. The van der Waals surface area contributed by atoms with Gasteiger partial charge in [-0.05, 0) is 49.8 Å². The van der Waals surface area contributed by atoms with Gasteiger partial charge in [-0.25, -0.2) is 4.98 Å². The number of benzene rings is 1. The molecule has 2 aromatic rings. The Labute approximate surface area is 228 Å². The highest BCUT2D eigenvalue weighted by Gasteiger charge is 2.33. The summed E-state index contributed by atoms with van der Waals surface area (Å²) in [7, 11) is 0. The predicted octanol–water partition coefficient (Wildman–Crippen LogP) is 4.51. The molecule has 1 N–H and O–H groups in total. The van der Waals surface area contributed by atoms with E-state index < -0.39 is 0 Å². The Kier molecular flexibility index (Phi) is 9.13. The molecule has 1 unspecified atom stereocenters. The summed E-state index contributed by atoms with van der Waals surface area (Å²) in [6.07, 6.45) is 7.56. The number of halogens is 1. The smallest absolute Gasteiger partial charge is 0.271 e. The van der Waals surface area contributed by atoms with Crippen molar-refractivity contribution in [1.82, 2.24) is 20.1 Å². The normalized spacial score (nSPS) is 23.6. The Balaban J connectivity index is 1.10. The molecule has 3 heterocycles. The number of rotatable bonds is 7. The number of thiazole rings is 1. The summed E-state index contributed by atoms with van der Waals surface area (Å²) >= 11 is 7.53. The van der Waals surface area contributed by atoms with Crippen LogP contribution in [0.25, 0.3) is 0 Å². The number of nitrogens with one attached hydrogen (secondary N) is 1. The van der Waals surface area contributed by atoms with Gasteiger partial charge >= 0.3 is 0 Å². The number of hydrogen-bond donors (Lipinski definition) is 1. The summed E-state index contributed by atoms with van der Waals surface area (Å²) in [5.74, 6) is 0.458. The van der Waals surface area contributed by atoms with Gasteiger partial charge < -0.3 is 15.0 Å². The summed E-state index contributed by atoms with van der Waals surface area (Å²) < 4.78 is 5.53. The van der Waals surface area contributed by atoms with Gasteiger partial charge in [0, 0.05) is 61.0 Å². The van der Waals surface area contributed by atoms with Crippen molar-refractivity contribution in [2.45, 2.75) is 69.4 Å². The first-order valence-corrected chi connectivity index (χ1v) is 14.9. The molecule has 2 atom stereocenters. The summed E-state index contributed by atoms with van der Waals surface area (Å²) in [6.45, 7) is 4.93. The standard InChI is InChI=1S/C28H37ClN4O3S/c29-22-8-5-20(6-9-22)7-10-26(34)33-13-11-21(12-14-33)28-31-24(19-37-28)27(35)30-23-3-1-2-4-25(23)32-15-17-36-18-16-32/h5-6,8-9,19,21,23,25H,1-4,7,10-18H2,(H,30,35)/t23?,25-/m0/s1. The quantitative estimate of drug-likeness (QED) is 0.555. The van der Waals surface area contributed by atoms with E-state index in [2.05, 4.69) is 10.2 Å². The lowest BCUT2D eigenvalue weighted by Gasteiger charge is -2.41. The second-order valence-corrected chi connectivity index (χ2v) is 11.8. The number of likely N-dealkylation sites (tertiary alicyclic amines) is 1. The fourth-order valence-corrected chi connectivity index (χ4v) is 6.98. The maximum atomic E-state index is 13.1. The van der Waals surface area contributed by atoms with Crippen molar-refractivity contribution >= 4 is 34.8 Å². The lowest BCUT2D eigenvalue weighted by Crippen LogP contribution is -2.56. The molecule has 0 bridgehead atoms. The molecule has 1 aromatic carbocycles. The molecular formula is C28H37ClN4O3S. The molecule has 0 spiro atoms. The topological polar surface area (TPSA) is 74.8 Å². The Morgan fingerprint density at radius 3 is 2.51 bits per heavy atom. The Bertz CT molecular complexity index is 1050. The maximum absolute atomic E-state index is 13.1. The monoisotopic (exact) mass is 544 g/mol. The second kappa shape index (κ2) is 12.7. The molecule has 2 amide bonds. The average molecular weight is 545 g/mol. The van der Waals surface area contributed by atoms with Crippen LogP contribution in [0.4, 0.5) is 0 Å². The zero-order valence-corrected chi connectivity index (χ0v) is 22.9. The molecule has 9 heteroatoms. The first-order chi connectivity index (χ1) is 18.1. The van der Waals surface area contributed by atoms with E-state index in [1.54, 1.807) is 11.3 Å². The van der Waals surface area contributed by atoms with E-state index in [1.807, 2.05) is 34.5 Å². The zero-order valence-electron chi connectivity index (χ0n) is 21.4. The first-order valence-electron chi connectivity index (χ1n) is 13.7. The van der Waals surface area contributed by atoms with Gasteiger partial charge in [0.2, 0.25) is 5.91 Å². The van der Waals surface area contributed by atoms with Crippen molar-refractivity contribution in [3.63, 3.8) is 0 Å². The molecule has 1 aliphatic carbocycles. The van der Waals surface area contributed by atoms with Gasteiger partial charge in [-0.3, -0.25) is 14.5 Å². The highest BCUT2D eigenvalue weighted by atomic mass is 35.5. The van der Waals surface area contributed by atoms with Gasteiger partial charge in [0.1, 0.15) is 5.69 Å². The number of amides is 2. The number of ether oxygens (including phenoxy) is 1. The minimum Gasteiger partial charge on any atom is -0.379 e. The van der Waals surface area contributed by atoms with Crippen molar-refractivity contribution in [3.8, 4) is 0 Å². The number of morpholine rings is 1. The number of hydrogen-bond acceptors (Lipinski definition) is 6. The van der Waals surface area contributed by atoms with Crippen molar-refractivity contribution in [2.24, 2.45) is 0 Å². The summed E-state index contributed by atoms with van der Waals surface area (Å²) in [4.78, 5) is 35.1. The minimum atomic E-state index is -0.0533. The minimum absolute atomic E-state index is 0.0533. The molecule has 2 saturated heterocycles. The molecule has 37 heavy (non-hydrogen) atoms. The van der Waals surface area contributed by atoms with E-state index in [9.17, 15) is 9.59 Å². The number of aryl methyl sites for hydroxylation is 1. The van der Waals surface area contributed by atoms with Crippen molar-refractivity contribution < 1.29 is 14.3 Å². The van der Waals surface area contributed by atoms with Crippen LogP contribution in [0.1, 0.15) is 71.9 Å². The van der Waals surface area contributed by atoms with E-state index in [1.165, 1.54) is 6.42 Å². The van der Waals surface area contributed by atoms with Crippen LogP contribution in [0.15, 0.2) is 29.6 Å². The van der Waals surface area contributed by atoms with Crippen LogP contribution in [-0.4, -0.2) is 78.1 Å². The number of piperidine rings is 1. The van der Waals surface area contributed by atoms with E-state index in [0.29, 0.717) is 29.1 Å². The van der Waals surface area contributed by atoms with E-state index >= 15 is 0 Å². The fraction of sp³-hybridized carbons (Fsp3) is 0.607. The third-order valence-electron chi connectivity index (χ3n) is 8.05. The molecule has 1 aromatic heterocycles. The van der Waals surface area contributed by atoms with Gasteiger partial charge in [-0.2, -0.15) is 0 Å². The van der Waals surface area contributed by atoms with E-state index in [-0.39, 0.29) is 17.9 Å². The van der Waals surface area contributed by atoms with Gasteiger partial charge in [-0.15, -0.1) is 11.3 Å². The molecule has 7 nitrogen and oxygen atoms in total. The molecule has 1 saturated carbocycles. The number of carbonyl (C=O) groups excluding carboxylic acids is 2. The molecular weight excluding hydrogens is 508 g/mol. The van der Waals surface area contributed by atoms with E-state index in [0.717, 1.165) is 88.5 Å². The molecule has 200 valence electrons. The largest absolute Gasteiger partial charge is 0.379 e. The van der Waals surface area contributed by atoms with Gasteiger partial charge in [0.25, 0.3) is 5.91 Å². The molecule has 0 radical (unpaired) electrons. The predicted molar refractivity (Wildman–Crippen MR) is 146 cm³/mol. The molecule has 2 aliphatic heterocycles. The molecule has 5 rings (SSSR count). The van der Waals surface area contributed by atoms with Gasteiger partial charge in [-0.1, -0.05) is 36.6 Å². The average Bonchev–Trinajstić information content (AvgIpc) is 3.44. The Hall–Kier alpha value is -2.00. The van der Waals surface area contributed by atoms with Crippen LogP contribution in [0.2, 0.25) is 5.02 Å². The van der Waals surface area contributed by atoms with Crippen molar-refractivity contribution in [2.75, 3.05) is 39.4 Å². The van der Waals surface area contributed by atoms with Crippen LogP contribution in [0.3, 0.4) is 0 Å². The van der Waals surface area contributed by atoms with Crippen molar-refractivity contribution in [1.29, 1.82) is 0 Å². The summed E-state index contributed by atoms with van der Waals surface area (Å²) in [6, 6.07) is 8.26. The SMILES string of the molecule is O=C(NC1CCCC[C@@H]1N1CCOCC1)c1csc(C2CCN(C(=O)CCc3ccc(Cl)cc3)CC2)n1. The van der Waals surface area contributed by atoms with Gasteiger partial charge in [0.05, 0.1) is 18.2 Å². The molecule has 3 aliphatic rings. The highest BCUT2D eigenvalue weighted by Crippen LogP contribution is 2.31. The third-order valence-corrected chi connectivity index (χ3v) is 9.31. The number of nitrogens with zero attached hydrogens (tertiary/aromatic N) is 3. The van der Waals surface area contributed by atoms with Crippen LogP contribution in [0, 0.1) is 0 Å². The van der Waals surface area contributed by atoms with Crippen LogP contribution in [-0.2, 0) is 16.0 Å². The first kappa shape index (κ1) is 26.6. The maximum Gasteiger partial charge on any atom is 0.271 e. The lowest BCUT2D eigenvalue weighted by atomic mass is 9.88. The van der Waals surface area contributed by atoms with Crippen LogP contribution in [0.5, 0.6) is 0 Å². The lowest BCUT2D eigenvalue weighted by molar-refractivity contribution is -0.132. The third kappa shape index (κ3) is 6.91. The number of carbonyl (C=O) groups is 2. The molecule has 3 fully saturated rings. The van der Waals surface area contributed by atoms with Crippen LogP contribution < -0.4 is 5.32 Å².